The third kappa shape index (κ3) is 2.55. The molecule has 0 aliphatic carbocycles. The van der Waals surface area contributed by atoms with Crippen molar-refractivity contribution in [2.75, 3.05) is 5.01 Å². The van der Waals surface area contributed by atoms with Crippen LogP contribution in [0, 0.1) is 11.3 Å². The highest BCUT2D eigenvalue weighted by Crippen LogP contribution is 2.20. The Balaban J connectivity index is 1.71. The molecular formula is C16H11N7O. The SMILES string of the molecule is N#Cc1ccc(N(Cc2ccc3nonc3c2)n2cnnc2)cc1. The van der Waals surface area contributed by atoms with Crippen LogP contribution in [0.2, 0.25) is 0 Å². The van der Waals surface area contributed by atoms with Crippen molar-refractivity contribution < 1.29 is 4.63 Å². The number of anilines is 1. The van der Waals surface area contributed by atoms with Gasteiger partial charge in [-0.2, -0.15) is 5.26 Å². The topological polar surface area (TPSA) is 96.7 Å². The van der Waals surface area contributed by atoms with Gasteiger partial charge >= 0.3 is 0 Å². The number of nitrogens with zero attached hydrogens (tertiary/aromatic N) is 7. The summed E-state index contributed by atoms with van der Waals surface area (Å²) in [6, 6.07) is 15.2. The fraction of sp³-hybridized carbons (Fsp3) is 0.0625. The van der Waals surface area contributed by atoms with Crippen LogP contribution < -0.4 is 5.01 Å². The summed E-state index contributed by atoms with van der Waals surface area (Å²) in [4.78, 5) is 0. The highest BCUT2D eigenvalue weighted by molar-refractivity contribution is 5.73. The molecule has 0 fully saturated rings. The second-order valence-electron chi connectivity index (χ2n) is 5.15. The Morgan fingerprint density at radius 2 is 1.75 bits per heavy atom. The Morgan fingerprint density at radius 1 is 1.00 bits per heavy atom. The maximum absolute atomic E-state index is 8.96. The summed E-state index contributed by atoms with van der Waals surface area (Å²) in [5, 5.41) is 26.4. The van der Waals surface area contributed by atoms with Gasteiger partial charge in [0, 0.05) is 0 Å². The largest absolute Gasteiger partial charge is 0.274 e. The van der Waals surface area contributed by atoms with Gasteiger partial charge in [-0.15, -0.1) is 10.2 Å². The molecule has 24 heavy (non-hydrogen) atoms. The maximum atomic E-state index is 8.96. The molecule has 0 saturated heterocycles. The molecule has 0 unspecified atom stereocenters. The Morgan fingerprint density at radius 3 is 2.50 bits per heavy atom. The third-order valence-electron chi connectivity index (χ3n) is 3.63. The molecule has 8 heteroatoms. The highest BCUT2D eigenvalue weighted by atomic mass is 16.6. The fourth-order valence-electron chi connectivity index (χ4n) is 2.43. The van der Waals surface area contributed by atoms with Gasteiger partial charge in [0.25, 0.3) is 0 Å². The van der Waals surface area contributed by atoms with Gasteiger partial charge in [-0.1, -0.05) is 6.07 Å². The zero-order chi connectivity index (χ0) is 16.4. The Kier molecular flexibility index (Phi) is 3.37. The number of nitriles is 1. The number of hydrogen-bond acceptors (Lipinski definition) is 7. The molecule has 0 saturated carbocycles. The first-order valence-corrected chi connectivity index (χ1v) is 7.17. The first-order chi connectivity index (χ1) is 11.8. The van der Waals surface area contributed by atoms with E-state index in [9.17, 15) is 0 Å². The summed E-state index contributed by atoms with van der Waals surface area (Å²) in [6.45, 7) is 0.562. The van der Waals surface area contributed by atoms with Crippen molar-refractivity contribution in [3.05, 3.63) is 66.2 Å². The molecule has 2 aromatic heterocycles. The second kappa shape index (κ2) is 5.81. The lowest BCUT2D eigenvalue weighted by molar-refractivity contribution is 0.315. The van der Waals surface area contributed by atoms with Gasteiger partial charge in [-0.3, -0.25) is 5.01 Å². The molecule has 0 bridgehead atoms. The highest BCUT2D eigenvalue weighted by Gasteiger charge is 2.11. The van der Waals surface area contributed by atoms with Crippen molar-refractivity contribution in [1.29, 1.82) is 5.26 Å². The average molecular weight is 317 g/mol. The molecule has 0 amide bonds. The van der Waals surface area contributed by atoms with Crippen LogP contribution in [0.1, 0.15) is 11.1 Å². The van der Waals surface area contributed by atoms with Crippen molar-refractivity contribution in [2.45, 2.75) is 6.54 Å². The molecule has 0 N–H and O–H groups in total. The summed E-state index contributed by atoms with van der Waals surface area (Å²) < 4.78 is 6.52. The molecule has 2 heterocycles. The van der Waals surface area contributed by atoms with Crippen LogP contribution >= 0.6 is 0 Å². The van der Waals surface area contributed by atoms with Crippen LogP contribution in [-0.2, 0) is 6.54 Å². The van der Waals surface area contributed by atoms with Gasteiger partial charge in [0.15, 0.2) is 0 Å². The molecule has 0 aliphatic heterocycles. The second-order valence-corrected chi connectivity index (χ2v) is 5.15. The first kappa shape index (κ1) is 13.9. The van der Waals surface area contributed by atoms with E-state index >= 15 is 0 Å². The quantitative estimate of drug-likeness (QED) is 0.569. The Labute approximate surface area is 136 Å². The number of benzene rings is 2. The van der Waals surface area contributed by atoms with Crippen molar-refractivity contribution in [3.8, 4) is 6.07 Å². The average Bonchev–Trinajstić information content (AvgIpc) is 3.31. The molecule has 0 aliphatic rings. The van der Waals surface area contributed by atoms with Gasteiger partial charge in [-0.05, 0) is 52.3 Å². The summed E-state index contributed by atoms with van der Waals surface area (Å²) in [7, 11) is 0. The van der Waals surface area contributed by atoms with Crippen LogP contribution in [0.25, 0.3) is 11.0 Å². The van der Waals surface area contributed by atoms with Gasteiger partial charge in [0.2, 0.25) is 0 Å². The zero-order valence-electron chi connectivity index (χ0n) is 12.4. The third-order valence-corrected chi connectivity index (χ3v) is 3.63. The van der Waals surface area contributed by atoms with Crippen LogP contribution in [0.4, 0.5) is 5.69 Å². The van der Waals surface area contributed by atoms with E-state index in [0.29, 0.717) is 23.1 Å². The number of fused-ring (bicyclic) bond motifs is 1. The number of rotatable bonds is 4. The van der Waals surface area contributed by atoms with E-state index in [4.69, 9.17) is 9.89 Å². The van der Waals surface area contributed by atoms with Gasteiger partial charge in [0.1, 0.15) is 23.7 Å². The van der Waals surface area contributed by atoms with Crippen LogP contribution in [0.15, 0.2) is 59.7 Å². The lowest BCUT2D eigenvalue weighted by atomic mass is 10.1. The van der Waals surface area contributed by atoms with E-state index in [1.54, 1.807) is 29.5 Å². The normalized spacial score (nSPS) is 10.6. The van der Waals surface area contributed by atoms with E-state index < -0.39 is 0 Å². The van der Waals surface area contributed by atoms with E-state index in [0.717, 1.165) is 11.3 Å². The summed E-state index contributed by atoms with van der Waals surface area (Å²) in [5.74, 6) is 0. The summed E-state index contributed by atoms with van der Waals surface area (Å²) in [5.41, 5.74) is 3.96. The van der Waals surface area contributed by atoms with Crippen molar-refractivity contribution in [2.24, 2.45) is 0 Å². The Hall–Kier alpha value is -3.73. The number of aromatic nitrogens is 5. The predicted octanol–water partition coefficient (Wildman–Crippen LogP) is 2.16. The van der Waals surface area contributed by atoms with E-state index in [1.807, 2.05) is 35.3 Å². The number of hydrogen-bond donors (Lipinski definition) is 0. The van der Waals surface area contributed by atoms with E-state index in [-0.39, 0.29) is 0 Å². The lowest BCUT2D eigenvalue weighted by Crippen LogP contribution is -2.27. The van der Waals surface area contributed by atoms with Crippen molar-refractivity contribution in [1.82, 2.24) is 25.2 Å². The smallest absolute Gasteiger partial charge is 0.139 e. The van der Waals surface area contributed by atoms with Gasteiger partial charge < -0.3 is 0 Å². The summed E-state index contributed by atoms with van der Waals surface area (Å²) in [6.07, 6.45) is 3.24. The van der Waals surface area contributed by atoms with E-state index in [1.165, 1.54) is 0 Å². The van der Waals surface area contributed by atoms with Gasteiger partial charge in [-0.25, -0.2) is 9.31 Å². The molecule has 4 rings (SSSR count). The standard InChI is InChI=1S/C16H11N7O/c17-8-12-1-4-14(5-2-12)23(22-10-18-19-11-22)9-13-3-6-15-16(7-13)21-24-20-15/h1-7,10-11H,9H2. The molecule has 4 aromatic rings. The molecule has 0 spiro atoms. The molecule has 2 aromatic carbocycles. The maximum Gasteiger partial charge on any atom is 0.139 e. The minimum absolute atomic E-state index is 0.562. The molecule has 8 nitrogen and oxygen atoms in total. The zero-order valence-corrected chi connectivity index (χ0v) is 12.4. The van der Waals surface area contributed by atoms with Crippen LogP contribution in [0.5, 0.6) is 0 Å². The molecule has 0 atom stereocenters. The molecule has 116 valence electrons. The van der Waals surface area contributed by atoms with Crippen molar-refractivity contribution >= 4 is 16.7 Å². The fourth-order valence-corrected chi connectivity index (χ4v) is 2.43. The first-order valence-electron chi connectivity index (χ1n) is 7.17. The minimum Gasteiger partial charge on any atom is -0.274 e. The van der Waals surface area contributed by atoms with Crippen molar-refractivity contribution in [3.63, 3.8) is 0 Å². The lowest BCUT2D eigenvalue weighted by Gasteiger charge is -2.25. The predicted molar refractivity (Wildman–Crippen MR) is 84.6 cm³/mol. The van der Waals surface area contributed by atoms with Crippen LogP contribution in [-0.4, -0.2) is 25.2 Å². The molecule has 0 radical (unpaired) electrons. The summed E-state index contributed by atoms with van der Waals surface area (Å²) >= 11 is 0. The van der Waals surface area contributed by atoms with Crippen LogP contribution in [0.3, 0.4) is 0 Å². The Bertz CT molecular complexity index is 999. The minimum atomic E-state index is 0.562. The van der Waals surface area contributed by atoms with E-state index in [2.05, 4.69) is 26.6 Å². The monoisotopic (exact) mass is 317 g/mol. The molecular weight excluding hydrogens is 306 g/mol. The van der Waals surface area contributed by atoms with Gasteiger partial charge in [0.05, 0.1) is 23.9 Å².